The summed E-state index contributed by atoms with van der Waals surface area (Å²) in [6.45, 7) is 4.83. The van der Waals surface area contributed by atoms with Gasteiger partial charge in [-0.2, -0.15) is 0 Å². The van der Waals surface area contributed by atoms with Crippen molar-refractivity contribution < 1.29 is 14.5 Å². The molecule has 20 heavy (non-hydrogen) atoms. The Morgan fingerprint density at radius 3 is 2.55 bits per heavy atom. The van der Waals surface area contributed by atoms with Crippen LogP contribution in [-0.4, -0.2) is 17.5 Å². The molecule has 0 radical (unpaired) electrons. The van der Waals surface area contributed by atoms with Gasteiger partial charge in [-0.1, -0.05) is 13.8 Å². The number of esters is 1. The van der Waals surface area contributed by atoms with Crippen LogP contribution in [0, 0.1) is 27.9 Å². The van der Waals surface area contributed by atoms with Gasteiger partial charge in [-0.25, -0.2) is 4.79 Å². The molecule has 0 saturated heterocycles. The number of nitro benzene ring substituents is 1. The highest BCUT2D eigenvalue weighted by Crippen LogP contribution is 2.44. The second-order valence-electron chi connectivity index (χ2n) is 5.58. The minimum Gasteiger partial charge on any atom is -0.462 e. The van der Waals surface area contributed by atoms with E-state index < -0.39 is 10.9 Å². The zero-order chi connectivity index (χ0) is 14.7. The SMILES string of the molecule is C[C@H](CCOC(=O)c1ccc([N+](=O)[O-])cc1)[C@@H]1C[C@H]1C. The largest absolute Gasteiger partial charge is 0.462 e. The molecule has 0 amide bonds. The Bertz CT molecular complexity index is 497. The number of carbonyl (C=O) groups excluding carboxylic acids is 1. The average Bonchev–Trinajstić information content (AvgIpc) is 3.16. The van der Waals surface area contributed by atoms with E-state index in [1.54, 1.807) is 0 Å². The Kier molecular flexibility index (Phi) is 4.37. The molecule has 108 valence electrons. The maximum atomic E-state index is 11.8. The average molecular weight is 277 g/mol. The van der Waals surface area contributed by atoms with E-state index in [1.807, 2.05) is 0 Å². The van der Waals surface area contributed by atoms with Gasteiger partial charge < -0.3 is 4.74 Å². The van der Waals surface area contributed by atoms with Gasteiger partial charge in [0.15, 0.2) is 0 Å². The van der Waals surface area contributed by atoms with Gasteiger partial charge in [0, 0.05) is 12.1 Å². The van der Waals surface area contributed by atoms with Crippen molar-refractivity contribution in [3.8, 4) is 0 Å². The lowest BCUT2D eigenvalue weighted by Gasteiger charge is -2.10. The van der Waals surface area contributed by atoms with Crippen molar-refractivity contribution in [2.45, 2.75) is 26.7 Å². The summed E-state index contributed by atoms with van der Waals surface area (Å²) in [7, 11) is 0. The van der Waals surface area contributed by atoms with Crippen LogP contribution in [0.3, 0.4) is 0 Å². The maximum Gasteiger partial charge on any atom is 0.338 e. The molecule has 0 bridgehead atoms. The first-order chi connectivity index (χ1) is 9.49. The highest BCUT2D eigenvalue weighted by atomic mass is 16.6. The summed E-state index contributed by atoms with van der Waals surface area (Å²) in [5, 5.41) is 10.5. The van der Waals surface area contributed by atoms with Crippen LogP contribution in [0.15, 0.2) is 24.3 Å². The zero-order valence-corrected chi connectivity index (χ0v) is 11.7. The molecule has 0 heterocycles. The van der Waals surface area contributed by atoms with Crippen molar-refractivity contribution in [1.82, 2.24) is 0 Å². The lowest BCUT2D eigenvalue weighted by molar-refractivity contribution is -0.384. The van der Waals surface area contributed by atoms with Crippen molar-refractivity contribution >= 4 is 11.7 Å². The van der Waals surface area contributed by atoms with E-state index in [-0.39, 0.29) is 5.69 Å². The molecule has 5 heteroatoms. The Balaban J connectivity index is 1.78. The third-order valence-electron chi connectivity index (χ3n) is 4.02. The van der Waals surface area contributed by atoms with Crippen LogP contribution in [0.1, 0.15) is 37.0 Å². The molecule has 1 aromatic carbocycles. The minimum absolute atomic E-state index is 0.0297. The van der Waals surface area contributed by atoms with Crippen LogP contribution in [0.5, 0.6) is 0 Å². The Morgan fingerprint density at radius 2 is 2.05 bits per heavy atom. The van der Waals surface area contributed by atoms with Gasteiger partial charge >= 0.3 is 5.97 Å². The molecular formula is C15H19NO4. The molecule has 3 atom stereocenters. The second-order valence-corrected chi connectivity index (χ2v) is 5.58. The third kappa shape index (κ3) is 3.56. The smallest absolute Gasteiger partial charge is 0.338 e. The van der Waals surface area contributed by atoms with Gasteiger partial charge in [-0.15, -0.1) is 0 Å². The fourth-order valence-corrected chi connectivity index (χ4v) is 2.50. The number of ether oxygens (including phenoxy) is 1. The lowest BCUT2D eigenvalue weighted by Crippen LogP contribution is -2.10. The van der Waals surface area contributed by atoms with Gasteiger partial charge in [0.2, 0.25) is 0 Å². The number of hydrogen-bond donors (Lipinski definition) is 0. The topological polar surface area (TPSA) is 69.4 Å². The van der Waals surface area contributed by atoms with E-state index >= 15 is 0 Å². The van der Waals surface area contributed by atoms with Crippen molar-refractivity contribution in [3.05, 3.63) is 39.9 Å². The molecule has 1 aromatic rings. The first-order valence-corrected chi connectivity index (χ1v) is 6.90. The first-order valence-electron chi connectivity index (χ1n) is 6.90. The van der Waals surface area contributed by atoms with Crippen LogP contribution in [0.2, 0.25) is 0 Å². The number of nitro groups is 1. The van der Waals surface area contributed by atoms with Crippen molar-refractivity contribution in [1.29, 1.82) is 0 Å². The van der Waals surface area contributed by atoms with E-state index in [2.05, 4.69) is 13.8 Å². The lowest BCUT2D eigenvalue weighted by atomic mass is 10.0. The molecule has 5 nitrogen and oxygen atoms in total. The number of benzene rings is 1. The van der Waals surface area contributed by atoms with Crippen LogP contribution in [0.25, 0.3) is 0 Å². The van der Waals surface area contributed by atoms with Crippen molar-refractivity contribution in [3.63, 3.8) is 0 Å². The van der Waals surface area contributed by atoms with E-state index in [0.29, 0.717) is 18.1 Å². The summed E-state index contributed by atoms with van der Waals surface area (Å²) in [6.07, 6.45) is 2.14. The van der Waals surface area contributed by atoms with E-state index in [0.717, 1.165) is 18.3 Å². The predicted octanol–water partition coefficient (Wildman–Crippen LogP) is 3.43. The summed E-state index contributed by atoms with van der Waals surface area (Å²) in [6, 6.07) is 5.47. The van der Waals surface area contributed by atoms with Gasteiger partial charge in [0.25, 0.3) is 5.69 Å². The summed E-state index contributed by atoms with van der Waals surface area (Å²) < 4.78 is 5.20. The molecule has 0 unspecified atom stereocenters. The van der Waals surface area contributed by atoms with Crippen LogP contribution < -0.4 is 0 Å². The zero-order valence-electron chi connectivity index (χ0n) is 11.7. The Hall–Kier alpha value is -1.91. The Morgan fingerprint density at radius 1 is 1.45 bits per heavy atom. The number of nitrogens with zero attached hydrogens (tertiary/aromatic N) is 1. The van der Waals surface area contributed by atoms with Crippen LogP contribution in [-0.2, 0) is 4.74 Å². The summed E-state index contributed by atoms with van der Waals surface area (Å²) in [4.78, 5) is 21.8. The quantitative estimate of drug-likeness (QED) is 0.454. The number of carbonyl (C=O) groups is 1. The standard InChI is InChI=1S/C15H19NO4/c1-10(14-9-11(14)2)7-8-20-15(17)12-3-5-13(6-4-12)16(18)19/h3-6,10-11,14H,7-9H2,1-2H3/t10-,11-,14+/m1/s1. The molecule has 0 spiro atoms. The summed E-state index contributed by atoms with van der Waals surface area (Å²) in [5.41, 5.74) is 0.320. The van der Waals surface area contributed by atoms with Crippen molar-refractivity contribution in [2.75, 3.05) is 6.61 Å². The van der Waals surface area contributed by atoms with Crippen molar-refractivity contribution in [2.24, 2.45) is 17.8 Å². The summed E-state index contributed by atoms with van der Waals surface area (Å²) >= 11 is 0. The molecule has 1 aliphatic rings. The molecule has 0 aliphatic heterocycles. The molecule has 1 saturated carbocycles. The van der Waals surface area contributed by atoms with Gasteiger partial charge in [-0.3, -0.25) is 10.1 Å². The normalized spacial score (nSPS) is 22.1. The molecule has 2 rings (SSSR count). The number of hydrogen-bond acceptors (Lipinski definition) is 4. The maximum absolute atomic E-state index is 11.8. The highest BCUT2D eigenvalue weighted by molar-refractivity contribution is 5.89. The first kappa shape index (κ1) is 14.5. The molecule has 1 aliphatic carbocycles. The number of rotatable bonds is 6. The second kappa shape index (κ2) is 6.03. The molecular weight excluding hydrogens is 258 g/mol. The monoisotopic (exact) mass is 277 g/mol. The summed E-state index contributed by atoms with van der Waals surface area (Å²) in [5.74, 6) is 1.73. The van der Waals surface area contributed by atoms with Crippen LogP contribution in [0.4, 0.5) is 5.69 Å². The van der Waals surface area contributed by atoms with Gasteiger partial charge in [0.05, 0.1) is 17.1 Å². The minimum atomic E-state index is -0.492. The van der Waals surface area contributed by atoms with E-state index in [4.69, 9.17) is 4.74 Å². The molecule has 1 fully saturated rings. The van der Waals surface area contributed by atoms with Crippen LogP contribution >= 0.6 is 0 Å². The Labute approximate surface area is 118 Å². The fraction of sp³-hybridized carbons (Fsp3) is 0.533. The predicted molar refractivity (Wildman–Crippen MR) is 74.4 cm³/mol. The number of non-ortho nitro benzene ring substituents is 1. The highest BCUT2D eigenvalue weighted by Gasteiger charge is 2.36. The third-order valence-corrected chi connectivity index (χ3v) is 4.02. The molecule has 0 N–H and O–H groups in total. The van der Waals surface area contributed by atoms with Gasteiger partial charge in [-0.05, 0) is 42.7 Å². The van der Waals surface area contributed by atoms with E-state index in [9.17, 15) is 14.9 Å². The van der Waals surface area contributed by atoms with E-state index in [1.165, 1.54) is 30.7 Å². The molecule has 0 aromatic heterocycles. The fourth-order valence-electron chi connectivity index (χ4n) is 2.50. The van der Waals surface area contributed by atoms with Gasteiger partial charge in [0.1, 0.15) is 0 Å².